The van der Waals surface area contributed by atoms with Crippen LogP contribution < -0.4 is 9.64 Å². The number of nitrogens with zero attached hydrogens (tertiary/aromatic N) is 3. The summed E-state index contributed by atoms with van der Waals surface area (Å²) in [5.74, 6) is 0.638. The molecule has 0 spiro atoms. The van der Waals surface area contributed by atoms with E-state index in [2.05, 4.69) is 4.90 Å². The summed E-state index contributed by atoms with van der Waals surface area (Å²) in [6.07, 6.45) is 0. The van der Waals surface area contributed by atoms with Crippen molar-refractivity contribution in [3.63, 3.8) is 0 Å². The van der Waals surface area contributed by atoms with E-state index in [1.54, 1.807) is 24.1 Å². The molecule has 1 fully saturated rings. The zero-order chi connectivity index (χ0) is 20.4. The molecule has 0 bridgehead atoms. The lowest BCUT2D eigenvalue weighted by molar-refractivity contribution is 0.0391. The molecule has 1 saturated heterocycles. The lowest BCUT2D eigenvalue weighted by Crippen LogP contribution is -2.43. The van der Waals surface area contributed by atoms with Gasteiger partial charge in [0, 0.05) is 26.2 Å². The summed E-state index contributed by atoms with van der Waals surface area (Å²) in [6, 6.07) is 7.46. The third-order valence-corrected chi connectivity index (χ3v) is 7.35. The van der Waals surface area contributed by atoms with Crippen molar-refractivity contribution in [3.8, 4) is 5.75 Å². The van der Waals surface area contributed by atoms with Crippen molar-refractivity contribution in [1.29, 1.82) is 0 Å². The number of carbonyl (C=O) groups excluding carboxylic acids is 1. The highest BCUT2D eigenvalue weighted by molar-refractivity contribution is 7.22. The van der Waals surface area contributed by atoms with Crippen LogP contribution in [0.2, 0.25) is 4.34 Å². The molecule has 1 aliphatic heterocycles. The monoisotopic (exact) mass is 487 g/mol. The molecule has 162 valence electrons. The maximum Gasteiger partial charge on any atom is 0.270 e. The zero-order valence-electron chi connectivity index (χ0n) is 16.7. The number of hydrogen-bond donors (Lipinski definition) is 0. The summed E-state index contributed by atoms with van der Waals surface area (Å²) >= 11 is 8.89. The summed E-state index contributed by atoms with van der Waals surface area (Å²) in [4.78, 5) is 22.8. The molecule has 1 aliphatic rings. The predicted octanol–water partition coefficient (Wildman–Crippen LogP) is 4.73. The number of hydrogen-bond acceptors (Lipinski definition) is 7. The van der Waals surface area contributed by atoms with Gasteiger partial charge in [0.2, 0.25) is 0 Å². The third kappa shape index (κ3) is 4.90. The predicted molar refractivity (Wildman–Crippen MR) is 126 cm³/mol. The van der Waals surface area contributed by atoms with Crippen LogP contribution in [0, 0.1) is 6.92 Å². The van der Waals surface area contributed by atoms with Crippen molar-refractivity contribution in [2.45, 2.75) is 6.92 Å². The largest absolute Gasteiger partial charge is 0.494 e. The molecule has 0 unspecified atom stereocenters. The second kappa shape index (κ2) is 10.3. The number of carbonyl (C=O) groups is 1. The lowest BCUT2D eigenvalue weighted by atomic mass is 10.2. The number of aromatic nitrogens is 1. The number of ether oxygens (including phenoxy) is 2. The Morgan fingerprint density at radius 1 is 1.27 bits per heavy atom. The van der Waals surface area contributed by atoms with Gasteiger partial charge in [-0.15, -0.1) is 23.7 Å². The number of thiophene rings is 1. The molecule has 30 heavy (non-hydrogen) atoms. The second-order valence-electron chi connectivity index (χ2n) is 6.77. The van der Waals surface area contributed by atoms with Gasteiger partial charge in [-0.2, -0.15) is 0 Å². The van der Waals surface area contributed by atoms with E-state index < -0.39 is 0 Å². The van der Waals surface area contributed by atoms with E-state index >= 15 is 0 Å². The standard InChI is InChI=1S/C20H22ClN3O3S2.ClH/c1-13-3-4-14(26-2)17-18(13)29-20(22-17)24(8-7-23-9-11-27-12-10-23)19(25)15-5-6-16(21)28-15;/h3-6H,7-12H2,1-2H3;1H. The first kappa shape index (κ1) is 23.2. The molecular formula is C20H23Cl2N3O3S2. The van der Waals surface area contributed by atoms with Crippen LogP contribution in [0.3, 0.4) is 0 Å². The van der Waals surface area contributed by atoms with Gasteiger partial charge >= 0.3 is 0 Å². The molecule has 0 saturated carbocycles. The Kier molecular flexibility index (Phi) is 7.95. The Hall–Kier alpha value is -1.42. The van der Waals surface area contributed by atoms with Gasteiger partial charge in [-0.25, -0.2) is 4.98 Å². The molecule has 4 rings (SSSR count). The highest BCUT2D eigenvalue weighted by Gasteiger charge is 2.25. The van der Waals surface area contributed by atoms with Crippen molar-refractivity contribution < 1.29 is 14.3 Å². The fourth-order valence-electron chi connectivity index (χ4n) is 3.29. The van der Waals surface area contributed by atoms with Gasteiger partial charge in [-0.05, 0) is 30.7 Å². The first-order valence-corrected chi connectivity index (χ1v) is 11.4. The molecule has 6 nitrogen and oxygen atoms in total. The Morgan fingerprint density at radius 3 is 2.70 bits per heavy atom. The van der Waals surface area contributed by atoms with Gasteiger partial charge in [-0.1, -0.05) is 29.0 Å². The summed E-state index contributed by atoms with van der Waals surface area (Å²) in [6.45, 7) is 6.57. The number of fused-ring (bicyclic) bond motifs is 1. The van der Waals surface area contributed by atoms with E-state index in [-0.39, 0.29) is 18.3 Å². The summed E-state index contributed by atoms with van der Waals surface area (Å²) in [5.41, 5.74) is 1.91. The zero-order valence-corrected chi connectivity index (χ0v) is 19.9. The van der Waals surface area contributed by atoms with Crippen molar-refractivity contribution in [2.24, 2.45) is 0 Å². The first-order valence-electron chi connectivity index (χ1n) is 9.38. The molecule has 0 N–H and O–H groups in total. The molecule has 3 aromatic rings. The third-order valence-electron chi connectivity index (χ3n) is 4.92. The van der Waals surface area contributed by atoms with Crippen molar-refractivity contribution in [3.05, 3.63) is 39.0 Å². The fraction of sp³-hybridized carbons (Fsp3) is 0.400. The molecule has 0 atom stereocenters. The minimum absolute atomic E-state index is 0. The fourth-order valence-corrected chi connectivity index (χ4v) is 5.36. The van der Waals surface area contributed by atoms with Crippen LogP contribution >= 0.6 is 46.7 Å². The van der Waals surface area contributed by atoms with Gasteiger partial charge in [0.15, 0.2) is 5.13 Å². The topological polar surface area (TPSA) is 54.9 Å². The number of aryl methyl sites for hydroxylation is 1. The Bertz CT molecular complexity index is 1020. The number of rotatable bonds is 6. The molecular weight excluding hydrogens is 465 g/mol. The maximum atomic E-state index is 13.3. The van der Waals surface area contributed by atoms with Crippen molar-refractivity contribution in [2.75, 3.05) is 51.4 Å². The number of benzene rings is 1. The van der Waals surface area contributed by atoms with Crippen LogP contribution in [-0.2, 0) is 4.74 Å². The van der Waals surface area contributed by atoms with E-state index in [1.165, 1.54) is 22.7 Å². The van der Waals surface area contributed by atoms with E-state index in [1.807, 2.05) is 19.1 Å². The number of morpholine rings is 1. The summed E-state index contributed by atoms with van der Waals surface area (Å²) < 4.78 is 12.5. The average molecular weight is 488 g/mol. The normalized spacial score (nSPS) is 14.5. The molecule has 1 amide bonds. The van der Waals surface area contributed by atoms with Crippen LogP contribution in [0.4, 0.5) is 5.13 Å². The Morgan fingerprint density at radius 2 is 2.03 bits per heavy atom. The van der Waals surface area contributed by atoms with Gasteiger partial charge in [0.25, 0.3) is 5.91 Å². The highest BCUT2D eigenvalue weighted by atomic mass is 35.5. The first-order chi connectivity index (χ1) is 14.1. The lowest BCUT2D eigenvalue weighted by Gasteiger charge is -2.29. The number of amides is 1. The summed E-state index contributed by atoms with van der Waals surface area (Å²) in [5, 5.41) is 0.676. The van der Waals surface area contributed by atoms with Gasteiger partial charge in [0.1, 0.15) is 11.3 Å². The van der Waals surface area contributed by atoms with Crippen LogP contribution in [0.15, 0.2) is 24.3 Å². The summed E-state index contributed by atoms with van der Waals surface area (Å²) in [7, 11) is 1.64. The smallest absolute Gasteiger partial charge is 0.270 e. The average Bonchev–Trinajstić information content (AvgIpc) is 3.36. The van der Waals surface area contributed by atoms with Gasteiger partial charge < -0.3 is 9.47 Å². The number of thiazole rings is 1. The number of halogens is 2. The van der Waals surface area contributed by atoms with E-state index in [0.717, 1.165) is 48.6 Å². The van der Waals surface area contributed by atoms with Gasteiger partial charge in [0.05, 0.1) is 34.2 Å². The number of anilines is 1. The molecule has 10 heteroatoms. The number of methoxy groups -OCH3 is 1. The van der Waals surface area contributed by atoms with Crippen molar-refractivity contribution in [1.82, 2.24) is 9.88 Å². The molecule has 1 aromatic carbocycles. The van der Waals surface area contributed by atoms with Crippen LogP contribution in [0.5, 0.6) is 5.75 Å². The van der Waals surface area contributed by atoms with E-state index in [9.17, 15) is 4.79 Å². The minimum atomic E-state index is -0.0779. The van der Waals surface area contributed by atoms with Crippen molar-refractivity contribution >= 4 is 67.9 Å². The maximum absolute atomic E-state index is 13.3. The van der Waals surface area contributed by atoms with Gasteiger partial charge in [-0.3, -0.25) is 14.6 Å². The SMILES string of the molecule is COc1ccc(C)c2sc(N(CCN3CCOCC3)C(=O)c3ccc(Cl)s3)nc12.Cl. The Balaban J connectivity index is 0.00000256. The molecule has 0 aliphatic carbocycles. The second-order valence-corrected chi connectivity index (χ2v) is 9.47. The molecule has 3 heterocycles. The van der Waals surface area contributed by atoms with E-state index in [0.29, 0.717) is 26.6 Å². The Labute approximate surface area is 194 Å². The molecule has 0 radical (unpaired) electrons. The van der Waals surface area contributed by atoms with E-state index in [4.69, 9.17) is 26.1 Å². The highest BCUT2D eigenvalue weighted by Crippen LogP contribution is 2.37. The van der Waals surface area contributed by atoms with Crippen LogP contribution in [0.25, 0.3) is 10.2 Å². The quantitative estimate of drug-likeness (QED) is 0.502. The van der Waals surface area contributed by atoms with Crippen LogP contribution in [-0.4, -0.2) is 62.3 Å². The van der Waals surface area contributed by atoms with Crippen LogP contribution in [0.1, 0.15) is 15.2 Å². The minimum Gasteiger partial charge on any atom is -0.494 e. The molecule has 2 aromatic heterocycles.